The monoisotopic (exact) mass is 325 g/mol. The second-order valence-electron chi connectivity index (χ2n) is 4.52. The first kappa shape index (κ1) is 16.0. The number of halogens is 2. The van der Waals surface area contributed by atoms with Crippen LogP contribution in [0.3, 0.4) is 0 Å². The Kier molecular flexibility index (Phi) is 5.34. The van der Waals surface area contributed by atoms with Gasteiger partial charge in [0.05, 0.1) is 24.3 Å². The van der Waals surface area contributed by atoms with E-state index in [1.54, 1.807) is 20.3 Å². The Morgan fingerprint density at radius 1 is 0.952 bits per heavy atom. The van der Waals surface area contributed by atoms with Gasteiger partial charge in [-0.05, 0) is 36.4 Å². The molecule has 0 radical (unpaired) electrons. The van der Waals surface area contributed by atoms with E-state index in [9.17, 15) is 0 Å². The molecule has 2 aromatic carbocycles. The fourth-order valence-corrected chi connectivity index (χ4v) is 2.68. The lowest BCUT2D eigenvalue weighted by molar-refractivity contribution is 0.414. The van der Waals surface area contributed by atoms with E-state index in [0.717, 1.165) is 22.4 Å². The van der Waals surface area contributed by atoms with Crippen LogP contribution in [0, 0.1) is 0 Å². The zero-order chi connectivity index (χ0) is 15.4. The number of methoxy groups -OCH3 is 2. The third kappa shape index (κ3) is 3.43. The molecule has 0 atom stereocenters. The zero-order valence-corrected chi connectivity index (χ0v) is 13.7. The molecule has 21 heavy (non-hydrogen) atoms. The van der Waals surface area contributed by atoms with E-state index in [0.29, 0.717) is 22.3 Å². The maximum absolute atomic E-state index is 6.37. The minimum absolute atomic E-state index is 0.531. The van der Waals surface area contributed by atoms with Crippen molar-refractivity contribution in [3.05, 3.63) is 45.9 Å². The van der Waals surface area contributed by atoms with Crippen LogP contribution in [0.5, 0.6) is 11.5 Å². The minimum atomic E-state index is 0.531. The first-order valence-electron chi connectivity index (χ1n) is 6.45. The molecule has 0 saturated heterocycles. The van der Waals surface area contributed by atoms with Gasteiger partial charge in [0, 0.05) is 18.2 Å². The van der Waals surface area contributed by atoms with Crippen LogP contribution >= 0.6 is 23.2 Å². The molecule has 2 aromatic rings. The smallest absolute Gasteiger partial charge is 0.138 e. The lowest BCUT2D eigenvalue weighted by Gasteiger charge is -2.14. The van der Waals surface area contributed by atoms with Crippen molar-refractivity contribution in [3.63, 3.8) is 0 Å². The van der Waals surface area contributed by atoms with Crippen LogP contribution in [0.4, 0.5) is 0 Å². The van der Waals surface area contributed by atoms with Gasteiger partial charge in [-0.25, -0.2) is 0 Å². The summed E-state index contributed by atoms with van der Waals surface area (Å²) in [6, 6.07) is 9.43. The summed E-state index contributed by atoms with van der Waals surface area (Å²) in [5.74, 6) is 1.37. The van der Waals surface area contributed by atoms with Gasteiger partial charge in [-0.2, -0.15) is 0 Å². The molecule has 2 rings (SSSR count). The van der Waals surface area contributed by atoms with Crippen molar-refractivity contribution in [1.82, 2.24) is 5.32 Å². The quantitative estimate of drug-likeness (QED) is 0.883. The second kappa shape index (κ2) is 7.03. The number of nitrogens with one attached hydrogen (secondary N) is 1. The van der Waals surface area contributed by atoms with E-state index in [4.69, 9.17) is 32.7 Å². The van der Waals surface area contributed by atoms with Gasteiger partial charge < -0.3 is 14.8 Å². The highest BCUT2D eigenvalue weighted by Gasteiger charge is 2.13. The highest BCUT2D eigenvalue weighted by molar-refractivity contribution is 6.36. The molecule has 0 bridgehead atoms. The van der Waals surface area contributed by atoms with Crippen LogP contribution < -0.4 is 14.8 Å². The molecule has 0 aliphatic carbocycles. The van der Waals surface area contributed by atoms with Crippen molar-refractivity contribution >= 4 is 23.2 Å². The summed E-state index contributed by atoms with van der Waals surface area (Å²) >= 11 is 12.6. The van der Waals surface area contributed by atoms with Gasteiger partial charge in [-0.1, -0.05) is 29.3 Å². The van der Waals surface area contributed by atoms with E-state index >= 15 is 0 Å². The molecule has 0 aromatic heterocycles. The van der Waals surface area contributed by atoms with Gasteiger partial charge in [0.25, 0.3) is 0 Å². The molecular weight excluding hydrogens is 309 g/mol. The van der Waals surface area contributed by atoms with Crippen molar-refractivity contribution in [2.45, 2.75) is 6.54 Å². The summed E-state index contributed by atoms with van der Waals surface area (Å²) < 4.78 is 10.5. The largest absolute Gasteiger partial charge is 0.497 e. The van der Waals surface area contributed by atoms with E-state index < -0.39 is 0 Å². The van der Waals surface area contributed by atoms with E-state index in [-0.39, 0.29) is 0 Å². The predicted molar refractivity (Wildman–Crippen MR) is 87.8 cm³/mol. The first-order valence-corrected chi connectivity index (χ1v) is 7.21. The van der Waals surface area contributed by atoms with Crippen molar-refractivity contribution < 1.29 is 9.47 Å². The highest BCUT2D eigenvalue weighted by atomic mass is 35.5. The number of hydrogen-bond donors (Lipinski definition) is 1. The minimum Gasteiger partial charge on any atom is -0.497 e. The van der Waals surface area contributed by atoms with Gasteiger partial charge in [0.1, 0.15) is 11.5 Å². The Balaban J connectivity index is 2.58. The number of benzene rings is 2. The molecule has 5 heteroatoms. The zero-order valence-electron chi connectivity index (χ0n) is 12.2. The maximum atomic E-state index is 6.37. The van der Waals surface area contributed by atoms with Crippen LogP contribution in [0.2, 0.25) is 10.0 Å². The fourth-order valence-electron chi connectivity index (χ4n) is 2.19. The molecule has 1 N–H and O–H groups in total. The summed E-state index contributed by atoms with van der Waals surface area (Å²) in [5, 5.41) is 4.27. The third-order valence-electron chi connectivity index (χ3n) is 3.21. The Bertz CT molecular complexity index is 644. The topological polar surface area (TPSA) is 30.5 Å². The average Bonchev–Trinajstić information content (AvgIpc) is 2.49. The predicted octanol–water partition coefficient (Wildman–Crippen LogP) is 4.40. The van der Waals surface area contributed by atoms with E-state index in [1.807, 2.05) is 31.3 Å². The van der Waals surface area contributed by atoms with Crippen LogP contribution in [0.25, 0.3) is 11.1 Å². The third-order valence-corrected chi connectivity index (χ3v) is 3.82. The summed E-state index contributed by atoms with van der Waals surface area (Å²) in [6.07, 6.45) is 0. The molecule has 3 nitrogen and oxygen atoms in total. The molecule has 0 fully saturated rings. The van der Waals surface area contributed by atoms with Gasteiger partial charge in [0.2, 0.25) is 0 Å². The van der Waals surface area contributed by atoms with Crippen molar-refractivity contribution in [1.29, 1.82) is 0 Å². The number of ether oxygens (including phenoxy) is 2. The van der Waals surface area contributed by atoms with Crippen molar-refractivity contribution in [2.75, 3.05) is 21.3 Å². The van der Waals surface area contributed by atoms with Crippen LogP contribution in [0.15, 0.2) is 30.3 Å². The lowest BCUT2D eigenvalue weighted by Crippen LogP contribution is -2.06. The summed E-state index contributed by atoms with van der Waals surface area (Å²) in [7, 11) is 5.11. The molecular formula is C16H17Cl2NO2. The van der Waals surface area contributed by atoms with E-state index in [2.05, 4.69) is 5.32 Å². The standard InChI is InChI=1S/C16H17Cl2NO2/c1-19-9-10-6-11(20-2)4-5-12(10)13-7-15(18)16(21-3)8-14(13)17/h4-8,19H,9H2,1-3H3. The Labute approximate surface area is 134 Å². The van der Waals surface area contributed by atoms with Gasteiger partial charge >= 0.3 is 0 Å². The summed E-state index contributed by atoms with van der Waals surface area (Å²) in [5.41, 5.74) is 2.97. The molecule has 0 aliphatic rings. The molecule has 0 aliphatic heterocycles. The van der Waals surface area contributed by atoms with Gasteiger partial charge in [-0.3, -0.25) is 0 Å². The van der Waals surface area contributed by atoms with Gasteiger partial charge in [0.15, 0.2) is 0 Å². The summed E-state index contributed by atoms with van der Waals surface area (Å²) in [4.78, 5) is 0. The van der Waals surface area contributed by atoms with Gasteiger partial charge in [-0.15, -0.1) is 0 Å². The van der Waals surface area contributed by atoms with Crippen molar-refractivity contribution in [3.8, 4) is 22.6 Å². The molecule has 0 amide bonds. The SMILES string of the molecule is CNCc1cc(OC)ccc1-c1cc(Cl)c(OC)cc1Cl. The summed E-state index contributed by atoms with van der Waals surface area (Å²) in [6.45, 7) is 0.701. The molecule has 112 valence electrons. The Morgan fingerprint density at radius 2 is 1.71 bits per heavy atom. The number of rotatable bonds is 5. The number of hydrogen-bond acceptors (Lipinski definition) is 3. The van der Waals surface area contributed by atoms with Crippen LogP contribution in [-0.4, -0.2) is 21.3 Å². The van der Waals surface area contributed by atoms with Crippen LogP contribution in [-0.2, 0) is 6.54 Å². The lowest BCUT2D eigenvalue weighted by atomic mass is 9.99. The molecule has 0 saturated carbocycles. The normalized spacial score (nSPS) is 10.5. The Morgan fingerprint density at radius 3 is 2.33 bits per heavy atom. The first-order chi connectivity index (χ1) is 10.1. The molecule has 0 heterocycles. The Hall–Kier alpha value is -1.42. The fraction of sp³-hybridized carbons (Fsp3) is 0.250. The second-order valence-corrected chi connectivity index (χ2v) is 5.33. The van der Waals surface area contributed by atoms with E-state index in [1.165, 1.54) is 0 Å². The van der Waals surface area contributed by atoms with Crippen molar-refractivity contribution in [2.24, 2.45) is 0 Å². The molecule has 0 spiro atoms. The maximum Gasteiger partial charge on any atom is 0.138 e. The molecule has 0 unspecified atom stereocenters. The van der Waals surface area contributed by atoms with Crippen LogP contribution in [0.1, 0.15) is 5.56 Å². The highest BCUT2D eigenvalue weighted by Crippen LogP contribution is 2.38. The average molecular weight is 326 g/mol.